The minimum atomic E-state index is -0.227. The predicted molar refractivity (Wildman–Crippen MR) is 77.3 cm³/mol. The highest BCUT2D eigenvalue weighted by atomic mass is 32.1. The average molecular weight is 276 g/mol. The van der Waals surface area contributed by atoms with Gasteiger partial charge in [-0.1, -0.05) is 18.2 Å². The first-order valence-corrected chi connectivity index (χ1v) is 6.78. The molecule has 1 aromatic heterocycles. The number of nitrogens with two attached hydrogens (primary N) is 1. The molecule has 100 valence electrons. The minimum Gasteiger partial charge on any atom is -0.508 e. The number of hydrogen-bond donors (Lipinski definition) is 2. The number of rotatable bonds is 3. The topological polar surface area (TPSA) is 66.6 Å². The van der Waals surface area contributed by atoms with Gasteiger partial charge in [0.15, 0.2) is 0 Å². The predicted octanol–water partition coefficient (Wildman–Crippen LogP) is 2.87. The van der Waals surface area contributed by atoms with Gasteiger partial charge in [0, 0.05) is 12.6 Å². The zero-order valence-electron chi connectivity index (χ0n) is 10.8. The van der Waals surface area contributed by atoms with Crippen molar-refractivity contribution >= 4 is 22.9 Å². The Morgan fingerprint density at radius 2 is 2.05 bits per heavy atom. The summed E-state index contributed by atoms with van der Waals surface area (Å²) in [6.07, 6.45) is 0. The maximum absolute atomic E-state index is 12.3. The average Bonchev–Trinajstić information content (AvgIpc) is 2.83. The van der Waals surface area contributed by atoms with Crippen LogP contribution in [0.2, 0.25) is 0 Å². The van der Waals surface area contributed by atoms with Crippen LogP contribution >= 0.6 is 11.3 Å². The Balaban J connectivity index is 2.25. The van der Waals surface area contributed by atoms with Gasteiger partial charge in [0.25, 0.3) is 5.91 Å². The molecule has 1 heterocycles. The molecule has 2 aromatic rings. The Bertz CT molecular complexity index is 595. The van der Waals surface area contributed by atoms with E-state index in [4.69, 9.17) is 5.73 Å². The summed E-state index contributed by atoms with van der Waals surface area (Å²) in [6.45, 7) is 1.87. The summed E-state index contributed by atoms with van der Waals surface area (Å²) in [5, 5.41) is 11.6. The van der Waals surface area contributed by atoms with Crippen LogP contribution in [0.1, 0.15) is 28.2 Å². The first kappa shape index (κ1) is 13.4. The normalized spacial score (nSPS) is 12.1. The van der Waals surface area contributed by atoms with Crippen molar-refractivity contribution in [3.63, 3.8) is 0 Å². The van der Waals surface area contributed by atoms with Crippen LogP contribution in [-0.2, 0) is 0 Å². The number of benzene rings is 1. The van der Waals surface area contributed by atoms with Crippen LogP contribution in [0, 0.1) is 0 Å². The van der Waals surface area contributed by atoms with E-state index in [0.717, 1.165) is 0 Å². The Hall–Kier alpha value is -2.01. The smallest absolute Gasteiger partial charge is 0.266 e. The van der Waals surface area contributed by atoms with E-state index in [1.807, 2.05) is 19.1 Å². The van der Waals surface area contributed by atoms with E-state index in [-0.39, 0.29) is 17.7 Å². The van der Waals surface area contributed by atoms with Gasteiger partial charge >= 0.3 is 0 Å². The van der Waals surface area contributed by atoms with E-state index < -0.39 is 0 Å². The maximum atomic E-state index is 12.3. The highest BCUT2D eigenvalue weighted by Crippen LogP contribution is 2.30. The van der Waals surface area contributed by atoms with E-state index in [1.54, 1.807) is 35.5 Å². The number of aromatic hydroxyl groups is 1. The van der Waals surface area contributed by atoms with Gasteiger partial charge < -0.3 is 15.7 Å². The first-order chi connectivity index (χ1) is 9.02. The molecule has 0 bridgehead atoms. The summed E-state index contributed by atoms with van der Waals surface area (Å²) < 4.78 is 0. The van der Waals surface area contributed by atoms with Gasteiger partial charge in [0.05, 0.1) is 11.7 Å². The van der Waals surface area contributed by atoms with Gasteiger partial charge in [-0.05, 0) is 24.4 Å². The fourth-order valence-electron chi connectivity index (χ4n) is 1.88. The standard InChI is InChI=1S/C14H16N2O2S/c1-9(10-5-3-4-6-12(10)17)16(2)14(18)13-11(15)7-8-19-13/h3-9,17H,15H2,1-2H3. The summed E-state index contributed by atoms with van der Waals surface area (Å²) in [7, 11) is 1.71. The number of amides is 1. The molecule has 3 N–H and O–H groups in total. The SMILES string of the molecule is CC(c1ccccc1O)N(C)C(=O)c1sccc1N. The van der Waals surface area contributed by atoms with Crippen molar-refractivity contribution in [1.29, 1.82) is 0 Å². The molecule has 0 saturated carbocycles. The van der Waals surface area contributed by atoms with E-state index in [2.05, 4.69) is 0 Å². The van der Waals surface area contributed by atoms with Crippen molar-refractivity contribution in [3.05, 3.63) is 46.2 Å². The number of nitrogens with zero attached hydrogens (tertiary/aromatic N) is 1. The number of carbonyl (C=O) groups is 1. The van der Waals surface area contributed by atoms with Crippen LogP contribution in [0.5, 0.6) is 5.75 Å². The summed E-state index contributed by atoms with van der Waals surface area (Å²) >= 11 is 1.32. The van der Waals surface area contributed by atoms with Crippen molar-refractivity contribution in [1.82, 2.24) is 4.90 Å². The van der Waals surface area contributed by atoms with Crippen LogP contribution in [0.15, 0.2) is 35.7 Å². The molecule has 1 atom stereocenters. The largest absolute Gasteiger partial charge is 0.508 e. The highest BCUT2D eigenvalue weighted by Gasteiger charge is 2.23. The van der Waals surface area contributed by atoms with E-state index >= 15 is 0 Å². The lowest BCUT2D eigenvalue weighted by Crippen LogP contribution is -2.29. The van der Waals surface area contributed by atoms with Gasteiger partial charge in [-0.15, -0.1) is 11.3 Å². The Morgan fingerprint density at radius 1 is 1.37 bits per heavy atom. The fourth-order valence-corrected chi connectivity index (χ4v) is 2.68. The van der Waals surface area contributed by atoms with E-state index in [9.17, 15) is 9.90 Å². The molecule has 2 rings (SSSR count). The number of nitrogen functional groups attached to an aromatic ring is 1. The summed E-state index contributed by atoms with van der Waals surface area (Å²) in [6, 6.07) is 8.51. The van der Waals surface area contributed by atoms with Gasteiger partial charge in [0.1, 0.15) is 10.6 Å². The van der Waals surface area contributed by atoms with Crippen LogP contribution < -0.4 is 5.73 Å². The zero-order chi connectivity index (χ0) is 14.0. The molecule has 0 spiro atoms. The summed E-state index contributed by atoms with van der Waals surface area (Å²) in [4.78, 5) is 14.4. The molecule has 0 radical (unpaired) electrons. The third-order valence-corrected chi connectivity index (χ3v) is 4.10. The Labute approximate surface area is 116 Å². The lowest BCUT2D eigenvalue weighted by atomic mass is 10.1. The number of phenols is 1. The number of hydrogen-bond acceptors (Lipinski definition) is 4. The van der Waals surface area contributed by atoms with Crippen LogP contribution in [-0.4, -0.2) is 23.0 Å². The van der Waals surface area contributed by atoms with E-state index in [0.29, 0.717) is 16.1 Å². The lowest BCUT2D eigenvalue weighted by molar-refractivity contribution is 0.0747. The second kappa shape index (κ2) is 5.32. The molecule has 1 amide bonds. The fraction of sp³-hybridized carbons (Fsp3) is 0.214. The summed E-state index contributed by atoms with van der Waals surface area (Å²) in [5.41, 5.74) is 6.97. The Morgan fingerprint density at radius 3 is 2.63 bits per heavy atom. The summed E-state index contributed by atoms with van der Waals surface area (Å²) in [5.74, 6) is 0.0528. The van der Waals surface area contributed by atoms with Crippen molar-refractivity contribution in [3.8, 4) is 5.75 Å². The third kappa shape index (κ3) is 2.56. The second-order valence-electron chi connectivity index (χ2n) is 4.36. The molecule has 0 aliphatic heterocycles. The maximum Gasteiger partial charge on any atom is 0.266 e. The van der Waals surface area contributed by atoms with Crippen LogP contribution in [0.25, 0.3) is 0 Å². The molecule has 1 aromatic carbocycles. The van der Waals surface area contributed by atoms with Crippen molar-refractivity contribution in [2.24, 2.45) is 0 Å². The molecule has 19 heavy (non-hydrogen) atoms. The third-order valence-electron chi connectivity index (χ3n) is 3.18. The number of phenolic OH excluding ortho intramolecular Hbond substituents is 1. The first-order valence-electron chi connectivity index (χ1n) is 5.90. The molecular formula is C14H16N2O2S. The second-order valence-corrected chi connectivity index (χ2v) is 5.27. The van der Waals surface area contributed by atoms with Gasteiger partial charge in [-0.2, -0.15) is 0 Å². The molecule has 0 aliphatic rings. The van der Waals surface area contributed by atoms with Crippen LogP contribution in [0.4, 0.5) is 5.69 Å². The van der Waals surface area contributed by atoms with E-state index in [1.165, 1.54) is 11.3 Å². The lowest BCUT2D eigenvalue weighted by Gasteiger charge is -2.25. The Kier molecular flexibility index (Phi) is 3.76. The van der Waals surface area contributed by atoms with Crippen molar-refractivity contribution < 1.29 is 9.90 Å². The highest BCUT2D eigenvalue weighted by molar-refractivity contribution is 7.12. The number of para-hydroxylation sites is 1. The van der Waals surface area contributed by atoms with Gasteiger partial charge in [0.2, 0.25) is 0 Å². The minimum absolute atomic E-state index is 0.136. The van der Waals surface area contributed by atoms with Gasteiger partial charge in [-0.3, -0.25) is 4.79 Å². The quantitative estimate of drug-likeness (QED) is 0.906. The zero-order valence-corrected chi connectivity index (χ0v) is 11.6. The number of carbonyl (C=O) groups excluding carboxylic acids is 1. The van der Waals surface area contributed by atoms with Crippen LogP contribution in [0.3, 0.4) is 0 Å². The molecule has 1 unspecified atom stereocenters. The molecular weight excluding hydrogens is 260 g/mol. The molecule has 0 saturated heterocycles. The van der Waals surface area contributed by atoms with Gasteiger partial charge in [-0.25, -0.2) is 0 Å². The molecule has 5 heteroatoms. The molecule has 0 fully saturated rings. The number of anilines is 1. The van der Waals surface area contributed by atoms with Crippen molar-refractivity contribution in [2.75, 3.05) is 12.8 Å². The number of thiophene rings is 1. The van der Waals surface area contributed by atoms with Crippen molar-refractivity contribution in [2.45, 2.75) is 13.0 Å². The monoisotopic (exact) mass is 276 g/mol. The molecule has 4 nitrogen and oxygen atoms in total. The molecule has 0 aliphatic carbocycles.